The van der Waals surface area contributed by atoms with Gasteiger partial charge in [0.25, 0.3) is 0 Å². The highest BCUT2D eigenvalue weighted by molar-refractivity contribution is 8.04. The Morgan fingerprint density at radius 2 is 2.17 bits per heavy atom. The number of nitrogens with zero attached hydrogens (tertiary/aromatic N) is 1. The number of β-lactam (4-membered cyclic amide) rings is 1. The monoisotopic (exact) mass is 271 g/mol. The van der Waals surface area contributed by atoms with E-state index in [1.165, 1.54) is 23.6 Å². The van der Waals surface area contributed by atoms with Crippen molar-refractivity contribution < 1.29 is 24.2 Å². The zero-order chi connectivity index (χ0) is 13.4. The molecule has 2 aliphatic heterocycles. The number of fused-ring (bicyclic) bond motifs is 1. The first kappa shape index (κ1) is 12.9. The van der Waals surface area contributed by atoms with Crippen molar-refractivity contribution in [1.82, 2.24) is 4.90 Å². The van der Waals surface area contributed by atoms with Crippen LogP contribution >= 0.6 is 11.8 Å². The second-order valence-corrected chi connectivity index (χ2v) is 5.30. The van der Waals surface area contributed by atoms with Gasteiger partial charge in [0.2, 0.25) is 5.91 Å². The average molecular weight is 271 g/mol. The van der Waals surface area contributed by atoms with Crippen LogP contribution in [0.25, 0.3) is 0 Å². The Labute approximate surface area is 108 Å². The molecule has 0 spiro atoms. The van der Waals surface area contributed by atoms with Gasteiger partial charge in [-0.1, -0.05) is 18.7 Å². The van der Waals surface area contributed by atoms with E-state index in [2.05, 4.69) is 0 Å². The van der Waals surface area contributed by atoms with Gasteiger partial charge in [-0.2, -0.15) is 0 Å². The van der Waals surface area contributed by atoms with E-state index in [9.17, 15) is 14.4 Å². The molecule has 6 nitrogen and oxygen atoms in total. The Morgan fingerprint density at radius 1 is 1.50 bits per heavy atom. The van der Waals surface area contributed by atoms with Crippen LogP contribution in [0.15, 0.2) is 10.6 Å². The van der Waals surface area contributed by atoms with Crippen molar-refractivity contribution in [2.75, 3.05) is 6.61 Å². The third kappa shape index (κ3) is 1.88. The van der Waals surface area contributed by atoms with Crippen LogP contribution in [0.3, 0.4) is 0 Å². The molecule has 18 heavy (non-hydrogen) atoms. The fourth-order valence-electron chi connectivity index (χ4n) is 2.10. The largest absolute Gasteiger partial charge is 0.477 e. The van der Waals surface area contributed by atoms with Gasteiger partial charge in [0.15, 0.2) is 0 Å². The molecule has 2 aliphatic rings. The summed E-state index contributed by atoms with van der Waals surface area (Å²) in [5.74, 6) is -1.93. The maximum atomic E-state index is 11.8. The first-order valence-electron chi connectivity index (χ1n) is 5.56. The van der Waals surface area contributed by atoms with Crippen LogP contribution in [-0.2, 0) is 19.1 Å². The standard InChI is InChI=1S/C11H13NO5S/c1-3-6-9(14)12-8(11(15)16)7(18-10(6)12)4-17-5(2)13/h6,10H,3-4H2,1-2H3,(H,15,16)/t6?,10-/m1/s1. The highest BCUT2D eigenvalue weighted by Gasteiger charge is 2.55. The van der Waals surface area contributed by atoms with E-state index in [4.69, 9.17) is 9.84 Å². The summed E-state index contributed by atoms with van der Waals surface area (Å²) in [6, 6.07) is 0. The molecule has 0 saturated carbocycles. The molecular formula is C11H13NO5S. The Balaban J connectivity index is 2.20. The first-order valence-corrected chi connectivity index (χ1v) is 6.44. The number of aliphatic carboxylic acids is 1. The highest BCUT2D eigenvalue weighted by atomic mass is 32.2. The lowest BCUT2D eigenvalue weighted by molar-refractivity contribution is -0.151. The molecule has 1 unspecified atom stereocenters. The van der Waals surface area contributed by atoms with E-state index in [1.807, 2.05) is 6.92 Å². The van der Waals surface area contributed by atoms with Gasteiger partial charge < -0.3 is 9.84 Å². The van der Waals surface area contributed by atoms with E-state index in [0.29, 0.717) is 11.3 Å². The van der Waals surface area contributed by atoms with Gasteiger partial charge in [-0.05, 0) is 6.42 Å². The number of esters is 1. The summed E-state index contributed by atoms with van der Waals surface area (Å²) in [4.78, 5) is 35.4. The number of thioether (sulfide) groups is 1. The number of hydrogen-bond donors (Lipinski definition) is 1. The predicted octanol–water partition coefficient (Wildman–Crippen LogP) is 0.787. The average Bonchev–Trinajstić information content (AvgIpc) is 2.62. The van der Waals surface area contributed by atoms with Crippen LogP contribution < -0.4 is 0 Å². The van der Waals surface area contributed by atoms with E-state index >= 15 is 0 Å². The molecule has 1 saturated heterocycles. The number of carboxylic acids is 1. The lowest BCUT2D eigenvalue weighted by Gasteiger charge is -2.41. The second-order valence-electron chi connectivity index (χ2n) is 4.09. The molecule has 0 aromatic rings. The van der Waals surface area contributed by atoms with E-state index in [1.54, 1.807) is 0 Å². The summed E-state index contributed by atoms with van der Waals surface area (Å²) < 4.78 is 4.82. The van der Waals surface area contributed by atoms with Crippen molar-refractivity contribution >= 4 is 29.6 Å². The normalized spacial score (nSPS) is 25.9. The number of amides is 1. The molecule has 2 heterocycles. The number of carboxylic acid groups (broad SMARTS) is 1. The molecule has 0 aromatic heterocycles. The summed E-state index contributed by atoms with van der Waals surface area (Å²) >= 11 is 1.30. The van der Waals surface area contributed by atoms with Gasteiger partial charge in [-0.25, -0.2) is 4.79 Å². The van der Waals surface area contributed by atoms with Crippen molar-refractivity contribution in [3.63, 3.8) is 0 Å². The Hall–Kier alpha value is -1.50. The molecule has 0 aliphatic carbocycles. The molecule has 0 aromatic carbocycles. The summed E-state index contributed by atoms with van der Waals surface area (Å²) in [7, 11) is 0. The third-order valence-electron chi connectivity index (χ3n) is 2.97. The highest BCUT2D eigenvalue weighted by Crippen LogP contribution is 2.50. The van der Waals surface area contributed by atoms with Crippen molar-refractivity contribution in [3.05, 3.63) is 10.6 Å². The number of ether oxygens (including phenoxy) is 1. The zero-order valence-corrected chi connectivity index (χ0v) is 10.8. The lowest BCUT2D eigenvalue weighted by Crippen LogP contribution is -2.56. The lowest BCUT2D eigenvalue weighted by atomic mass is 9.94. The van der Waals surface area contributed by atoms with Crippen molar-refractivity contribution in [2.24, 2.45) is 5.92 Å². The fourth-order valence-corrected chi connectivity index (χ4v) is 3.60. The van der Waals surface area contributed by atoms with Gasteiger partial charge in [0, 0.05) is 6.92 Å². The van der Waals surface area contributed by atoms with E-state index in [-0.39, 0.29) is 29.5 Å². The number of hydrogen-bond acceptors (Lipinski definition) is 5. The van der Waals surface area contributed by atoms with Crippen LogP contribution in [0.1, 0.15) is 20.3 Å². The van der Waals surface area contributed by atoms with E-state index < -0.39 is 11.9 Å². The van der Waals surface area contributed by atoms with Gasteiger partial charge in [-0.15, -0.1) is 0 Å². The number of carbonyl (C=O) groups excluding carboxylic acids is 2. The van der Waals surface area contributed by atoms with Gasteiger partial charge in [0.05, 0.1) is 16.2 Å². The minimum absolute atomic E-state index is 0.0408. The fraction of sp³-hybridized carbons (Fsp3) is 0.545. The minimum atomic E-state index is -1.16. The van der Waals surface area contributed by atoms with Crippen molar-refractivity contribution in [2.45, 2.75) is 25.6 Å². The molecule has 1 N–H and O–H groups in total. The molecule has 1 amide bonds. The van der Waals surface area contributed by atoms with E-state index in [0.717, 1.165) is 0 Å². The van der Waals surface area contributed by atoms with Crippen molar-refractivity contribution in [1.29, 1.82) is 0 Å². The van der Waals surface area contributed by atoms with Crippen LogP contribution in [0.4, 0.5) is 0 Å². The Morgan fingerprint density at radius 3 is 2.67 bits per heavy atom. The van der Waals surface area contributed by atoms with Crippen LogP contribution in [0.5, 0.6) is 0 Å². The van der Waals surface area contributed by atoms with Crippen LogP contribution in [-0.4, -0.2) is 39.8 Å². The molecule has 7 heteroatoms. The smallest absolute Gasteiger partial charge is 0.353 e. The van der Waals surface area contributed by atoms with Gasteiger partial charge >= 0.3 is 11.9 Å². The van der Waals surface area contributed by atoms with Crippen molar-refractivity contribution in [3.8, 4) is 0 Å². The first-order chi connectivity index (χ1) is 8.47. The molecule has 1 fully saturated rings. The summed E-state index contributed by atoms with van der Waals surface area (Å²) in [5.41, 5.74) is -0.0408. The second kappa shape index (κ2) is 4.64. The molecule has 98 valence electrons. The van der Waals surface area contributed by atoms with Gasteiger partial charge in [0.1, 0.15) is 12.3 Å². The SMILES string of the molecule is CCC1C(=O)N2C(C(=O)O)=C(COC(C)=O)S[C@H]12. The topological polar surface area (TPSA) is 83.9 Å². The predicted molar refractivity (Wildman–Crippen MR) is 63.3 cm³/mol. The third-order valence-corrected chi connectivity index (χ3v) is 4.35. The number of carbonyl (C=O) groups is 3. The number of rotatable bonds is 4. The Bertz CT molecular complexity index is 458. The summed E-state index contributed by atoms with van der Waals surface area (Å²) in [6.45, 7) is 3.07. The van der Waals surface area contributed by atoms with Crippen LogP contribution in [0, 0.1) is 5.92 Å². The maximum Gasteiger partial charge on any atom is 0.353 e. The van der Waals surface area contributed by atoms with Gasteiger partial charge in [-0.3, -0.25) is 14.5 Å². The minimum Gasteiger partial charge on any atom is -0.477 e. The molecule has 0 radical (unpaired) electrons. The summed E-state index contributed by atoms with van der Waals surface area (Å²) in [5, 5.41) is 8.99. The molecule has 2 rings (SSSR count). The van der Waals surface area contributed by atoms with Crippen LogP contribution in [0.2, 0.25) is 0 Å². The molecular weight excluding hydrogens is 258 g/mol. The maximum absolute atomic E-state index is 11.8. The quantitative estimate of drug-likeness (QED) is 0.601. The zero-order valence-electron chi connectivity index (χ0n) is 10.0. The Kier molecular flexibility index (Phi) is 3.34. The molecule has 2 atom stereocenters. The summed E-state index contributed by atoms with van der Waals surface area (Å²) in [6.07, 6.45) is 0.681. The molecule has 0 bridgehead atoms.